The number of rotatable bonds is 4. The second-order valence-corrected chi connectivity index (χ2v) is 5.19. The molecule has 3 aromatic rings. The van der Waals surface area contributed by atoms with Crippen molar-refractivity contribution in [2.24, 2.45) is 0 Å². The van der Waals surface area contributed by atoms with Gasteiger partial charge >= 0.3 is 0 Å². The maximum atomic E-state index is 12.1. The van der Waals surface area contributed by atoms with Crippen LogP contribution in [-0.2, 0) is 11.2 Å². The van der Waals surface area contributed by atoms with Crippen molar-refractivity contribution in [2.45, 2.75) is 20.3 Å². The number of aromatic nitrogens is 3. The van der Waals surface area contributed by atoms with Crippen molar-refractivity contribution >= 4 is 11.9 Å². The van der Waals surface area contributed by atoms with Crippen molar-refractivity contribution in [3.8, 4) is 11.5 Å². The first-order valence-corrected chi connectivity index (χ1v) is 7.22. The summed E-state index contributed by atoms with van der Waals surface area (Å²) in [6.45, 7) is 3.82. The lowest BCUT2D eigenvalue weighted by Crippen LogP contribution is -2.16. The molecule has 2 aromatic heterocycles. The van der Waals surface area contributed by atoms with Gasteiger partial charge in [0.05, 0.1) is 12.1 Å². The third-order valence-corrected chi connectivity index (χ3v) is 3.34. The van der Waals surface area contributed by atoms with Crippen molar-refractivity contribution < 1.29 is 9.21 Å². The number of carbonyl (C=O) groups is 1. The van der Waals surface area contributed by atoms with Crippen molar-refractivity contribution in [3.05, 3.63) is 59.7 Å². The maximum absolute atomic E-state index is 12.1. The zero-order chi connectivity index (χ0) is 16.2. The number of nitrogens with one attached hydrogen (secondary N) is 1. The third kappa shape index (κ3) is 3.60. The summed E-state index contributed by atoms with van der Waals surface area (Å²) in [6.07, 6.45) is 3.25. The molecule has 0 atom stereocenters. The van der Waals surface area contributed by atoms with Gasteiger partial charge < -0.3 is 4.42 Å². The van der Waals surface area contributed by atoms with Crippen LogP contribution in [-0.4, -0.2) is 20.9 Å². The van der Waals surface area contributed by atoms with Gasteiger partial charge in [-0.2, -0.15) is 0 Å². The summed E-state index contributed by atoms with van der Waals surface area (Å²) >= 11 is 0. The van der Waals surface area contributed by atoms with Gasteiger partial charge in [0, 0.05) is 18.0 Å². The van der Waals surface area contributed by atoms with Crippen LogP contribution in [0.4, 0.5) is 5.95 Å². The molecule has 1 amide bonds. The number of nitrogens with zero attached hydrogens (tertiary/aromatic N) is 3. The quantitative estimate of drug-likeness (QED) is 0.801. The minimum absolute atomic E-state index is 0.111. The lowest BCUT2D eigenvalue weighted by Gasteiger charge is -2.01. The largest absolute Gasteiger partial charge is 0.441 e. The Morgan fingerprint density at radius 1 is 1.13 bits per heavy atom. The second-order valence-electron chi connectivity index (χ2n) is 5.19. The molecule has 6 heteroatoms. The number of benzene rings is 1. The number of oxazole rings is 1. The molecule has 0 aliphatic rings. The highest BCUT2D eigenvalue weighted by atomic mass is 16.4. The van der Waals surface area contributed by atoms with Crippen LogP contribution < -0.4 is 5.32 Å². The van der Waals surface area contributed by atoms with Gasteiger partial charge in [0.1, 0.15) is 5.76 Å². The predicted octanol–water partition coefficient (Wildman–Crippen LogP) is 2.93. The van der Waals surface area contributed by atoms with Gasteiger partial charge in [0.15, 0.2) is 0 Å². The van der Waals surface area contributed by atoms with E-state index in [9.17, 15) is 4.79 Å². The van der Waals surface area contributed by atoms with Crippen LogP contribution >= 0.6 is 0 Å². The number of amides is 1. The Kier molecular flexibility index (Phi) is 4.14. The minimum Gasteiger partial charge on any atom is -0.441 e. The molecule has 0 aliphatic heterocycles. The molecule has 6 nitrogen and oxygen atoms in total. The van der Waals surface area contributed by atoms with Gasteiger partial charge in [-0.25, -0.2) is 15.0 Å². The number of hydrogen-bond donors (Lipinski definition) is 1. The van der Waals surface area contributed by atoms with Crippen LogP contribution in [0.25, 0.3) is 11.5 Å². The zero-order valence-corrected chi connectivity index (χ0v) is 12.9. The Bertz CT molecular complexity index is 810. The van der Waals surface area contributed by atoms with E-state index in [-0.39, 0.29) is 18.3 Å². The van der Waals surface area contributed by atoms with Gasteiger partial charge in [0.2, 0.25) is 17.7 Å². The van der Waals surface area contributed by atoms with Crippen molar-refractivity contribution in [1.82, 2.24) is 15.0 Å². The van der Waals surface area contributed by atoms with E-state index in [1.807, 2.05) is 31.2 Å². The number of carbonyl (C=O) groups excluding carboxylic acids is 1. The fourth-order valence-electron chi connectivity index (χ4n) is 2.10. The molecule has 116 valence electrons. The molecule has 0 spiro atoms. The number of anilines is 1. The lowest BCUT2D eigenvalue weighted by molar-refractivity contribution is -0.115. The summed E-state index contributed by atoms with van der Waals surface area (Å²) in [5.74, 6) is 1.19. The first-order valence-electron chi connectivity index (χ1n) is 7.22. The van der Waals surface area contributed by atoms with Crippen LogP contribution in [0.2, 0.25) is 0 Å². The Labute approximate surface area is 133 Å². The Balaban J connectivity index is 1.73. The first kappa shape index (κ1) is 14.9. The van der Waals surface area contributed by atoms with Crippen LogP contribution in [0.5, 0.6) is 0 Å². The fourth-order valence-corrected chi connectivity index (χ4v) is 2.10. The highest BCUT2D eigenvalue weighted by molar-refractivity contribution is 5.90. The van der Waals surface area contributed by atoms with Gasteiger partial charge in [-0.05, 0) is 32.0 Å². The van der Waals surface area contributed by atoms with Crippen LogP contribution in [0.3, 0.4) is 0 Å². The predicted molar refractivity (Wildman–Crippen MR) is 85.8 cm³/mol. The summed E-state index contributed by atoms with van der Waals surface area (Å²) in [5.41, 5.74) is 2.66. The van der Waals surface area contributed by atoms with Crippen molar-refractivity contribution in [1.29, 1.82) is 0 Å². The van der Waals surface area contributed by atoms with Crippen LogP contribution in [0.1, 0.15) is 17.0 Å². The molecule has 0 aliphatic carbocycles. The van der Waals surface area contributed by atoms with Gasteiger partial charge in [0.25, 0.3) is 0 Å². The summed E-state index contributed by atoms with van der Waals surface area (Å²) in [6, 6.07) is 9.57. The Morgan fingerprint density at radius 2 is 1.83 bits per heavy atom. The average molecular weight is 308 g/mol. The molecule has 0 saturated carbocycles. The second kappa shape index (κ2) is 6.39. The summed E-state index contributed by atoms with van der Waals surface area (Å²) in [7, 11) is 0. The molecule has 1 N–H and O–H groups in total. The standard InChI is InChI=1S/C17H16N4O2/c1-11-4-6-13(7-5-11)16-20-14(12(2)23-16)10-15(22)21-17-18-8-3-9-19-17/h3-9H,10H2,1-2H3,(H,18,19,21,22). The molecular formula is C17H16N4O2. The molecule has 0 bridgehead atoms. The lowest BCUT2D eigenvalue weighted by atomic mass is 10.1. The third-order valence-electron chi connectivity index (χ3n) is 3.34. The Hall–Kier alpha value is -3.02. The molecule has 2 heterocycles. The summed E-state index contributed by atoms with van der Waals surface area (Å²) in [5, 5.41) is 2.63. The van der Waals surface area contributed by atoms with Gasteiger partial charge in [-0.3, -0.25) is 10.1 Å². The van der Waals surface area contributed by atoms with E-state index in [1.54, 1.807) is 25.4 Å². The Morgan fingerprint density at radius 3 is 2.52 bits per heavy atom. The van der Waals surface area contributed by atoms with E-state index in [0.29, 0.717) is 17.3 Å². The number of aryl methyl sites for hydroxylation is 2. The zero-order valence-electron chi connectivity index (χ0n) is 12.9. The minimum atomic E-state index is -0.233. The fraction of sp³-hybridized carbons (Fsp3) is 0.176. The van der Waals surface area contributed by atoms with Crippen LogP contribution in [0.15, 0.2) is 47.1 Å². The van der Waals surface area contributed by atoms with E-state index in [1.165, 1.54) is 5.56 Å². The molecule has 0 saturated heterocycles. The molecule has 0 fully saturated rings. The van der Waals surface area contributed by atoms with Crippen molar-refractivity contribution in [2.75, 3.05) is 5.32 Å². The summed E-state index contributed by atoms with van der Waals surface area (Å²) in [4.78, 5) is 24.4. The average Bonchev–Trinajstić information content (AvgIpc) is 2.90. The summed E-state index contributed by atoms with van der Waals surface area (Å²) < 4.78 is 5.67. The molecule has 23 heavy (non-hydrogen) atoms. The smallest absolute Gasteiger partial charge is 0.232 e. The van der Waals surface area contributed by atoms with E-state index in [2.05, 4.69) is 20.3 Å². The van der Waals surface area contributed by atoms with E-state index in [4.69, 9.17) is 4.42 Å². The van der Waals surface area contributed by atoms with E-state index >= 15 is 0 Å². The SMILES string of the molecule is Cc1ccc(-c2nc(CC(=O)Nc3ncccn3)c(C)o2)cc1. The molecular weight excluding hydrogens is 292 g/mol. The topological polar surface area (TPSA) is 80.9 Å². The highest BCUT2D eigenvalue weighted by Gasteiger charge is 2.15. The number of hydrogen-bond acceptors (Lipinski definition) is 5. The molecule has 0 unspecified atom stereocenters. The van der Waals surface area contributed by atoms with E-state index in [0.717, 1.165) is 5.56 Å². The monoisotopic (exact) mass is 308 g/mol. The van der Waals surface area contributed by atoms with Gasteiger partial charge in [-0.15, -0.1) is 0 Å². The first-order chi connectivity index (χ1) is 11.1. The van der Waals surface area contributed by atoms with Crippen molar-refractivity contribution in [3.63, 3.8) is 0 Å². The molecule has 0 radical (unpaired) electrons. The molecule has 1 aromatic carbocycles. The van der Waals surface area contributed by atoms with Gasteiger partial charge in [-0.1, -0.05) is 17.7 Å². The highest BCUT2D eigenvalue weighted by Crippen LogP contribution is 2.22. The maximum Gasteiger partial charge on any atom is 0.232 e. The van der Waals surface area contributed by atoms with E-state index < -0.39 is 0 Å². The normalized spacial score (nSPS) is 10.5. The van der Waals surface area contributed by atoms with Crippen LogP contribution in [0, 0.1) is 13.8 Å². The molecule has 3 rings (SSSR count).